The van der Waals surface area contributed by atoms with Crippen LogP contribution >= 0.6 is 0 Å². The molecule has 1 aliphatic heterocycles. The highest BCUT2D eigenvalue weighted by molar-refractivity contribution is 5.45. The van der Waals surface area contributed by atoms with E-state index in [1.807, 2.05) is 23.6 Å². The minimum absolute atomic E-state index is 0.156. The number of benzene rings is 1. The molecule has 1 aliphatic rings. The van der Waals surface area contributed by atoms with Crippen molar-refractivity contribution in [3.8, 4) is 0 Å². The first-order valence-electron chi connectivity index (χ1n) is 8.99. The standard InChI is InChI=1S/C20H22FN3O3/c1-14-12-24-17(11-22-19(24)20(26-2)6-8-27-9-7-20)18(25)23(14)13-15-4-3-5-16(21)10-15/h3-5,10-12H,6-9,13H2,1-2H3. The number of nitrogens with zero attached hydrogens (tertiary/aromatic N) is 3. The molecule has 3 aromatic rings. The molecule has 0 saturated carbocycles. The third kappa shape index (κ3) is 3.07. The maximum atomic E-state index is 13.5. The first kappa shape index (κ1) is 17.9. The lowest BCUT2D eigenvalue weighted by Crippen LogP contribution is -2.38. The number of ether oxygens (including phenoxy) is 2. The molecular formula is C20H22FN3O3. The van der Waals surface area contributed by atoms with Crippen LogP contribution < -0.4 is 5.56 Å². The van der Waals surface area contributed by atoms with Crippen molar-refractivity contribution in [1.82, 2.24) is 14.0 Å². The van der Waals surface area contributed by atoms with E-state index < -0.39 is 5.60 Å². The van der Waals surface area contributed by atoms with Gasteiger partial charge in [-0.3, -0.25) is 9.20 Å². The van der Waals surface area contributed by atoms with Crippen molar-refractivity contribution < 1.29 is 13.9 Å². The van der Waals surface area contributed by atoms with Gasteiger partial charge in [0, 0.05) is 45.1 Å². The summed E-state index contributed by atoms with van der Waals surface area (Å²) >= 11 is 0. The van der Waals surface area contributed by atoms with Crippen LogP contribution in [0.4, 0.5) is 4.39 Å². The van der Waals surface area contributed by atoms with Gasteiger partial charge >= 0.3 is 0 Å². The Hall–Kier alpha value is -2.51. The molecule has 27 heavy (non-hydrogen) atoms. The van der Waals surface area contributed by atoms with Crippen molar-refractivity contribution in [1.29, 1.82) is 0 Å². The van der Waals surface area contributed by atoms with E-state index >= 15 is 0 Å². The maximum Gasteiger partial charge on any atom is 0.276 e. The number of hydrogen-bond donors (Lipinski definition) is 0. The van der Waals surface area contributed by atoms with Gasteiger partial charge in [0.1, 0.15) is 22.8 Å². The van der Waals surface area contributed by atoms with Crippen LogP contribution in [-0.2, 0) is 21.6 Å². The normalized spacial score (nSPS) is 16.7. The zero-order valence-corrected chi connectivity index (χ0v) is 15.4. The zero-order valence-electron chi connectivity index (χ0n) is 15.4. The van der Waals surface area contributed by atoms with E-state index in [9.17, 15) is 9.18 Å². The molecule has 0 atom stereocenters. The molecule has 0 spiro atoms. The molecule has 1 aromatic carbocycles. The molecule has 3 heterocycles. The summed E-state index contributed by atoms with van der Waals surface area (Å²) in [6.45, 7) is 3.37. The van der Waals surface area contributed by atoms with Crippen LogP contribution in [0.15, 0.2) is 41.5 Å². The van der Waals surface area contributed by atoms with Gasteiger partial charge in [0.05, 0.1) is 12.7 Å². The smallest absolute Gasteiger partial charge is 0.276 e. The Balaban J connectivity index is 1.81. The molecule has 1 saturated heterocycles. The quantitative estimate of drug-likeness (QED) is 0.708. The number of imidazole rings is 1. The summed E-state index contributed by atoms with van der Waals surface area (Å²) in [6.07, 6.45) is 4.87. The van der Waals surface area contributed by atoms with Gasteiger partial charge in [-0.25, -0.2) is 9.37 Å². The summed E-state index contributed by atoms with van der Waals surface area (Å²) < 4.78 is 28.3. The van der Waals surface area contributed by atoms with E-state index in [1.165, 1.54) is 12.1 Å². The molecule has 0 aliphatic carbocycles. The molecule has 0 unspecified atom stereocenters. The Morgan fingerprint density at radius 2 is 2.11 bits per heavy atom. The first-order valence-corrected chi connectivity index (χ1v) is 8.99. The van der Waals surface area contributed by atoms with Gasteiger partial charge in [-0.05, 0) is 24.6 Å². The lowest BCUT2D eigenvalue weighted by atomic mass is 9.93. The molecule has 1 fully saturated rings. The highest BCUT2D eigenvalue weighted by atomic mass is 19.1. The summed E-state index contributed by atoms with van der Waals surface area (Å²) in [5, 5.41) is 0. The van der Waals surface area contributed by atoms with Crippen molar-refractivity contribution in [3.05, 3.63) is 69.9 Å². The van der Waals surface area contributed by atoms with Crippen LogP contribution in [-0.4, -0.2) is 34.3 Å². The molecule has 0 amide bonds. The largest absolute Gasteiger partial charge is 0.381 e. The second kappa shape index (κ2) is 6.90. The molecule has 0 bridgehead atoms. The topological polar surface area (TPSA) is 57.8 Å². The lowest BCUT2D eigenvalue weighted by molar-refractivity contribution is -0.100. The SMILES string of the molecule is COC1(c2ncc3c(=O)n(Cc4cccc(F)c4)c(C)cn23)CCOCC1. The molecule has 142 valence electrons. The van der Waals surface area contributed by atoms with Crippen LogP contribution in [0.1, 0.15) is 29.9 Å². The fraction of sp³-hybridized carbons (Fsp3) is 0.400. The monoisotopic (exact) mass is 371 g/mol. The Labute approximate surface area is 156 Å². The van der Waals surface area contributed by atoms with E-state index in [4.69, 9.17) is 9.47 Å². The number of halogens is 1. The minimum atomic E-state index is -0.557. The van der Waals surface area contributed by atoms with Crippen molar-refractivity contribution in [2.45, 2.75) is 31.9 Å². The summed E-state index contributed by atoms with van der Waals surface area (Å²) in [7, 11) is 1.67. The number of fused-ring (bicyclic) bond motifs is 1. The summed E-state index contributed by atoms with van der Waals surface area (Å²) in [4.78, 5) is 17.6. The Bertz CT molecular complexity index is 1030. The van der Waals surface area contributed by atoms with Crippen molar-refractivity contribution >= 4 is 5.52 Å². The summed E-state index contributed by atoms with van der Waals surface area (Å²) in [5.41, 5.74) is 1.28. The van der Waals surface area contributed by atoms with E-state index in [0.29, 0.717) is 38.1 Å². The van der Waals surface area contributed by atoms with Gasteiger partial charge in [-0.2, -0.15) is 0 Å². The van der Waals surface area contributed by atoms with E-state index in [2.05, 4.69) is 4.98 Å². The third-order valence-corrected chi connectivity index (χ3v) is 5.33. The molecule has 7 heteroatoms. The summed E-state index contributed by atoms with van der Waals surface area (Å²) in [5.74, 6) is 0.411. The van der Waals surface area contributed by atoms with E-state index in [1.54, 1.807) is 23.9 Å². The third-order valence-electron chi connectivity index (χ3n) is 5.33. The van der Waals surface area contributed by atoms with Gasteiger partial charge in [0.2, 0.25) is 0 Å². The average molecular weight is 371 g/mol. The maximum absolute atomic E-state index is 13.5. The minimum Gasteiger partial charge on any atom is -0.381 e. The summed E-state index contributed by atoms with van der Waals surface area (Å²) in [6, 6.07) is 6.29. The fourth-order valence-corrected chi connectivity index (χ4v) is 3.78. The molecule has 2 aromatic heterocycles. The molecule has 0 radical (unpaired) electrons. The predicted molar refractivity (Wildman–Crippen MR) is 98.4 cm³/mol. The average Bonchev–Trinajstić information content (AvgIpc) is 3.10. The van der Waals surface area contributed by atoms with E-state index in [0.717, 1.165) is 17.1 Å². The van der Waals surface area contributed by atoms with Crippen molar-refractivity contribution in [2.24, 2.45) is 0 Å². The van der Waals surface area contributed by atoms with Crippen LogP contribution in [0.2, 0.25) is 0 Å². The van der Waals surface area contributed by atoms with Crippen molar-refractivity contribution in [2.75, 3.05) is 20.3 Å². The highest BCUT2D eigenvalue weighted by Crippen LogP contribution is 2.34. The van der Waals surface area contributed by atoms with Crippen molar-refractivity contribution in [3.63, 3.8) is 0 Å². The predicted octanol–water partition coefficient (Wildman–Crippen LogP) is 2.64. The molecule has 0 N–H and O–H groups in total. The lowest BCUT2D eigenvalue weighted by Gasteiger charge is -2.34. The fourth-order valence-electron chi connectivity index (χ4n) is 3.78. The zero-order chi connectivity index (χ0) is 19.0. The number of aryl methyl sites for hydroxylation is 1. The van der Waals surface area contributed by atoms with Crippen LogP contribution in [0.3, 0.4) is 0 Å². The van der Waals surface area contributed by atoms with Crippen LogP contribution in [0.5, 0.6) is 0 Å². The second-order valence-electron chi connectivity index (χ2n) is 6.94. The Morgan fingerprint density at radius 1 is 1.33 bits per heavy atom. The Kier molecular flexibility index (Phi) is 4.57. The highest BCUT2D eigenvalue weighted by Gasteiger charge is 2.38. The second-order valence-corrected chi connectivity index (χ2v) is 6.94. The van der Waals surface area contributed by atoms with Gasteiger partial charge in [0.25, 0.3) is 5.56 Å². The number of rotatable bonds is 4. The van der Waals surface area contributed by atoms with Crippen LogP contribution in [0, 0.1) is 12.7 Å². The first-order chi connectivity index (χ1) is 13.0. The van der Waals surface area contributed by atoms with Gasteiger partial charge in [0.15, 0.2) is 0 Å². The van der Waals surface area contributed by atoms with E-state index in [-0.39, 0.29) is 11.4 Å². The number of hydrogen-bond acceptors (Lipinski definition) is 4. The molecular weight excluding hydrogens is 349 g/mol. The molecule has 6 nitrogen and oxygen atoms in total. The van der Waals surface area contributed by atoms with Gasteiger partial charge in [-0.15, -0.1) is 0 Å². The van der Waals surface area contributed by atoms with Gasteiger partial charge in [-0.1, -0.05) is 12.1 Å². The number of aromatic nitrogens is 3. The van der Waals surface area contributed by atoms with Crippen LogP contribution in [0.25, 0.3) is 5.52 Å². The van der Waals surface area contributed by atoms with Gasteiger partial charge < -0.3 is 14.0 Å². The molecule has 4 rings (SSSR count). The number of methoxy groups -OCH3 is 1. The Morgan fingerprint density at radius 3 is 2.81 bits per heavy atom.